The van der Waals surface area contributed by atoms with Crippen LogP contribution in [0.3, 0.4) is 0 Å². The largest absolute Gasteiger partial charge is 0.465 e. The number of esters is 1. The molecule has 0 amide bonds. The van der Waals surface area contributed by atoms with Gasteiger partial charge in [0, 0.05) is 5.56 Å². The van der Waals surface area contributed by atoms with Crippen molar-refractivity contribution in [2.45, 2.75) is 13.8 Å². The van der Waals surface area contributed by atoms with Crippen molar-refractivity contribution in [2.24, 2.45) is 0 Å². The molecule has 1 heterocycles. The van der Waals surface area contributed by atoms with Crippen LogP contribution in [0.4, 0.5) is 5.88 Å². The fourth-order valence-electron chi connectivity index (χ4n) is 1.87. The van der Waals surface area contributed by atoms with E-state index in [4.69, 9.17) is 10.3 Å². The summed E-state index contributed by atoms with van der Waals surface area (Å²) in [6, 6.07) is 5.82. The maximum atomic E-state index is 11.7. The Hall–Kier alpha value is -2.30. The van der Waals surface area contributed by atoms with Crippen molar-refractivity contribution in [3.8, 4) is 11.3 Å². The average Bonchev–Trinajstić information content (AvgIpc) is 2.70. The van der Waals surface area contributed by atoms with Crippen LogP contribution in [0, 0.1) is 13.8 Å². The molecule has 0 bridgehead atoms. The van der Waals surface area contributed by atoms with Gasteiger partial charge < -0.3 is 15.0 Å². The first-order chi connectivity index (χ1) is 8.54. The van der Waals surface area contributed by atoms with Gasteiger partial charge in [-0.1, -0.05) is 28.9 Å². The van der Waals surface area contributed by atoms with Crippen LogP contribution in [0.1, 0.15) is 21.5 Å². The summed E-state index contributed by atoms with van der Waals surface area (Å²) in [6.45, 7) is 3.93. The summed E-state index contributed by atoms with van der Waals surface area (Å²) in [4.78, 5) is 11.7. The number of nitrogens with zero attached hydrogens (tertiary/aromatic N) is 1. The van der Waals surface area contributed by atoms with Crippen molar-refractivity contribution in [3.63, 3.8) is 0 Å². The van der Waals surface area contributed by atoms with Gasteiger partial charge in [0.15, 0.2) is 5.56 Å². The van der Waals surface area contributed by atoms with Gasteiger partial charge in [-0.25, -0.2) is 4.79 Å². The fraction of sp³-hybridized carbons (Fsp3) is 0.231. The standard InChI is InChI=1S/C13H14N2O3/c1-7-4-5-9(8(2)6-7)11-10(13(16)17-3)12(14)18-15-11/h4-6H,14H2,1-3H3. The van der Waals surface area contributed by atoms with Gasteiger partial charge in [0.1, 0.15) is 5.69 Å². The van der Waals surface area contributed by atoms with Gasteiger partial charge in [-0.3, -0.25) is 0 Å². The summed E-state index contributed by atoms with van der Waals surface area (Å²) in [6.07, 6.45) is 0. The van der Waals surface area contributed by atoms with E-state index in [1.54, 1.807) is 0 Å². The highest BCUT2D eigenvalue weighted by Crippen LogP contribution is 2.30. The molecule has 0 saturated carbocycles. The Labute approximate surface area is 105 Å². The minimum absolute atomic E-state index is 0.0307. The van der Waals surface area contributed by atoms with E-state index in [9.17, 15) is 4.79 Å². The van der Waals surface area contributed by atoms with Crippen LogP contribution in [0.15, 0.2) is 22.7 Å². The van der Waals surface area contributed by atoms with E-state index >= 15 is 0 Å². The number of anilines is 1. The number of carbonyl (C=O) groups is 1. The van der Waals surface area contributed by atoms with Gasteiger partial charge in [0.05, 0.1) is 7.11 Å². The van der Waals surface area contributed by atoms with E-state index in [1.807, 2.05) is 32.0 Å². The van der Waals surface area contributed by atoms with Crippen LogP contribution in [0.2, 0.25) is 0 Å². The van der Waals surface area contributed by atoms with Gasteiger partial charge in [-0.15, -0.1) is 0 Å². The van der Waals surface area contributed by atoms with E-state index in [2.05, 4.69) is 9.89 Å². The van der Waals surface area contributed by atoms with Crippen LogP contribution in [-0.4, -0.2) is 18.2 Å². The fourth-order valence-corrected chi connectivity index (χ4v) is 1.87. The van der Waals surface area contributed by atoms with Crippen molar-refractivity contribution >= 4 is 11.9 Å². The molecule has 0 spiro atoms. The zero-order valence-corrected chi connectivity index (χ0v) is 10.5. The predicted octanol–water partition coefficient (Wildman–Crippen LogP) is 2.33. The molecular weight excluding hydrogens is 232 g/mol. The van der Waals surface area contributed by atoms with Gasteiger partial charge in [0.2, 0.25) is 5.88 Å². The van der Waals surface area contributed by atoms with Crippen molar-refractivity contribution < 1.29 is 14.1 Å². The number of carbonyl (C=O) groups excluding carboxylic acids is 1. The van der Waals surface area contributed by atoms with Gasteiger partial charge in [-0.2, -0.15) is 0 Å². The molecule has 2 rings (SSSR count). The summed E-state index contributed by atoms with van der Waals surface area (Å²) in [5.74, 6) is -0.583. The van der Waals surface area contributed by atoms with E-state index < -0.39 is 5.97 Å². The topological polar surface area (TPSA) is 78.3 Å². The number of hydrogen-bond acceptors (Lipinski definition) is 5. The number of nitrogen functional groups attached to an aromatic ring is 1. The number of aryl methyl sites for hydroxylation is 2. The summed E-state index contributed by atoms with van der Waals surface area (Å²) in [5.41, 5.74) is 9.12. The lowest BCUT2D eigenvalue weighted by molar-refractivity contribution is 0.0602. The van der Waals surface area contributed by atoms with Gasteiger partial charge in [-0.05, 0) is 19.4 Å². The molecule has 5 nitrogen and oxygen atoms in total. The van der Waals surface area contributed by atoms with Gasteiger partial charge >= 0.3 is 5.97 Å². The van der Waals surface area contributed by atoms with E-state index in [-0.39, 0.29) is 11.4 Å². The van der Waals surface area contributed by atoms with Crippen LogP contribution < -0.4 is 5.73 Å². The molecule has 0 radical (unpaired) electrons. The quantitative estimate of drug-likeness (QED) is 0.823. The Morgan fingerprint density at radius 1 is 1.39 bits per heavy atom. The maximum absolute atomic E-state index is 11.7. The number of aromatic nitrogens is 1. The van der Waals surface area contributed by atoms with Crippen LogP contribution in [0.25, 0.3) is 11.3 Å². The highest BCUT2D eigenvalue weighted by atomic mass is 16.5. The number of hydrogen-bond donors (Lipinski definition) is 1. The highest BCUT2D eigenvalue weighted by molar-refractivity contribution is 6.00. The van der Waals surface area contributed by atoms with Crippen molar-refractivity contribution in [3.05, 3.63) is 34.9 Å². The highest BCUT2D eigenvalue weighted by Gasteiger charge is 2.23. The maximum Gasteiger partial charge on any atom is 0.345 e. The zero-order chi connectivity index (χ0) is 13.3. The molecule has 0 aliphatic carbocycles. The SMILES string of the molecule is COC(=O)c1c(-c2ccc(C)cc2C)noc1N. The summed E-state index contributed by atoms with van der Waals surface area (Å²) < 4.78 is 9.57. The molecule has 0 aliphatic rings. The summed E-state index contributed by atoms with van der Waals surface area (Å²) in [7, 11) is 1.29. The average molecular weight is 246 g/mol. The number of rotatable bonds is 2. The molecule has 18 heavy (non-hydrogen) atoms. The van der Waals surface area contributed by atoms with Crippen LogP contribution >= 0.6 is 0 Å². The lowest BCUT2D eigenvalue weighted by atomic mass is 10.0. The second-order valence-electron chi connectivity index (χ2n) is 4.08. The Morgan fingerprint density at radius 3 is 2.72 bits per heavy atom. The molecule has 0 saturated heterocycles. The molecule has 2 N–H and O–H groups in total. The first-order valence-corrected chi connectivity index (χ1v) is 5.45. The van der Waals surface area contributed by atoms with Crippen LogP contribution in [-0.2, 0) is 4.74 Å². The molecule has 1 aromatic heterocycles. The Kier molecular flexibility index (Phi) is 3.06. The lowest BCUT2D eigenvalue weighted by Gasteiger charge is -2.05. The van der Waals surface area contributed by atoms with E-state index in [1.165, 1.54) is 7.11 Å². The minimum atomic E-state index is -0.552. The third-order valence-corrected chi connectivity index (χ3v) is 2.75. The second kappa shape index (κ2) is 4.52. The van der Waals surface area contributed by atoms with Crippen molar-refractivity contribution in [2.75, 3.05) is 12.8 Å². The number of benzene rings is 1. The molecule has 0 aliphatic heterocycles. The third-order valence-electron chi connectivity index (χ3n) is 2.75. The number of methoxy groups -OCH3 is 1. The zero-order valence-electron chi connectivity index (χ0n) is 10.5. The Morgan fingerprint density at radius 2 is 2.11 bits per heavy atom. The third kappa shape index (κ3) is 1.95. The number of ether oxygens (including phenoxy) is 1. The first-order valence-electron chi connectivity index (χ1n) is 5.45. The minimum Gasteiger partial charge on any atom is -0.465 e. The van der Waals surface area contributed by atoms with E-state index in [0.717, 1.165) is 16.7 Å². The summed E-state index contributed by atoms with van der Waals surface area (Å²) >= 11 is 0. The lowest BCUT2D eigenvalue weighted by Crippen LogP contribution is -2.05. The van der Waals surface area contributed by atoms with Crippen molar-refractivity contribution in [1.29, 1.82) is 0 Å². The first kappa shape index (κ1) is 12.2. The molecule has 1 aromatic carbocycles. The van der Waals surface area contributed by atoms with Crippen molar-refractivity contribution in [1.82, 2.24) is 5.16 Å². The Balaban J connectivity index is 2.61. The summed E-state index contributed by atoms with van der Waals surface area (Å²) in [5, 5.41) is 3.84. The van der Waals surface area contributed by atoms with E-state index in [0.29, 0.717) is 5.69 Å². The molecule has 0 unspecified atom stereocenters. The second-order valence-corrected chi connectivity index (χ2v) is 4.08. The molecule has 0 fully saturated rings. The molecular formula is C13H14N2O3. The normalized spacial score (nSPS) is 10.4. The smallest absolute Gasteiger partial charge is 0.345 e. The van der Waals surface area contributed by atoms with Crippen LogP contribution in [0.5, 0.6) is 0 Å². The molecule has 94 valence electrons. The van der Waals surface area contributed by atoms with Gasteiger partial charge in [0.25, 0.3) is 0 Å². The molecule has 5 heteroatoms. The predicted molar refractivity (Wildman–Crippen MR) is 67.2 cm³/mol. The Bertz CT molecular complexity index is 602. The molecule has 0 atom stereocenters. The monoisotopic (exact) mass is 246 g/mol. The number of nitrogens with two attached hydrogens (primary N) is 1. The molecule has 2 aromatic rings.